The van der Waals surface area contributed by atoms with Gasteiger partial charge in [0.25, 0.3) is 0 Å². The molecule has 48 heavy (non-hydrogen) atoms. The maximum atomic E-state index is 14.5. The third kappa shape index (κ3) is 7.12. The number of sulfonamides is 1. The SMILES string of the molecule is O=C(O)c1cccc(CN(C2(C(=O)O)CC2c2cccc(NCCN3CCCCC3)c2)S(=O)(=O)c2ccc(-c3ccc(Cl)cc3)cc2)c1. The van der Waals surface area contributed by atoms with Gasteiger partial charge >= 0.3 is 11.9 Å². The molecule has 250 valence electrons. The van der Waals surface area contributed by atoms with E-state index in [-0.39, 0.29) is 23.4 Å². The van der Waals surface area contributed by atoms with Crippen molar-refractivity contribution in [3.63, 3.8) is 0 Å². The van der Waals surface area contributed by atoms with Gasteiger partial charge in [0.1, 0.15) is 5.54 Å². The number of piperidine rings is 1. The Hall–Kier alpha value is -4.22. The summed E-state index contributed by atoms with van der Waals surface area (Å²) in [5.41, 5.74) is 1.76. The summed E-state index contributed by atoms with van der Waals surface area (Å²) in [6.07, 6.45) is 3.76. The number of nitrogens with zero attached hydrogens (tertiary/aromatic N) is 2. The molecule has 3 N–H and O–H groups in total. The van der Waals surface area contributed by atoms with Gasteiger partial charge < -0.3 is 20.4 Å². The van der Waals surface area contributed by atoms with Gasteiger partial charge in [-0.3, -0.25) is 4.79 Å². The molecule has 2 aliphatic rings. The van der Waals surface area contributed by atoms with Crippen LogP contribution in [-0.2, 0) is 21.4 Å². The fraction of sp³-hybridized carbons (Fsp3) is 0.297. The van der Waals surface area contributed by atoms with Crippen LogP contribution in [0.2, 0.25) is 5.02 Å². The van der Waals surface area contributed by atoms with Crippen LogP contribution in [0.4, 0.5) is 5.69 Å². The molecule has 1 aliphatic heterocycles. The fourth-order valence-electron chi connectivity index (χ4n) is 6.67. The molecule has 0 amide bonds. The zero-order valence-corrected chi connectivity index (χ0v) is 28.0. The molecular formula is C37H38ClN3O6S. The first-order valence-corrected chi connectivity index (χ1v) is 17.9. The molecular weight excluding hydrogens is 650 g/mol. The molecule has 9 nitrogen and oxygen atoms in total. The average Bonchev–Trinajstić information content (AvgIpc) is 3.85. The Morgan fingerprint density at radius 2 is 1.54 bits per heavy atom. The molecule has 11 heteroatoms. The lowest BCUT2D eigenvalue weighted by atomic mass is 10.0. The van der Waals surface area contributed by atoms with Crippen LogP contribution >= 0.6 is 11.6 Å². The summed E-state index contributed by atoms with van der Waals surface area (Å²) in [6.45, 7) is 3.51. The number of anilines is 1. The second-order valence-corrected chi connectivity index (χ2v) is 14.8. The number of benzene rings is 4. The summed E-state index contributed by atoms with van der Waals surface area (Å²) in [5, 5.41) is 24.4. The molecule has 0 aromatic heterocycles. The van der Waals surface area contributed by atoms with Gasteiger partial charge in [-0.25, -0.2) is 13.2 Å². The first kappa shape index (κ1) is 33.7. The molecule has 2 atom stereocenters. The van der Waals surface area contributed by atoms with Crippen molar-refractivity contribution in [3.05, 3.63) is 119 Å². The number of halogens is 1. The van der Waals surface area contributed by atoms with Crippen LogP contribution in [0.25, 0.3) is 11.1 Å². The van der Waals surface area contributed by atoms with Gasteiger partial charge in [0, 0.05) is 36.3 Å². The van der Waals surface area contributed by atoms with Crippen LogP contribution in [0.1, 0.15) is 53.1 Å². The third-order valence-electron chi connectivity index (χ3n) is 9.36. The van der Waals surface area contributed by atoms with E-state index in [0.29, 0.717) is 10.6 Å². The third-order valence-corrected chi connectivity index (χ3v) is 11.5. The van der Waals surface area contributed by atoms with Gasteiger partial charge in [0.2, 0.25) is 10.0 Å². The molecule has 6 rings (SSSR count). The second kappa shape index (κ2) is 14.1. The minimum atomic E-state index is -4.39. The Kier molecular flexibility index (Phi) is 9.89. The van der Waals surface area contributed by atoms with Crippen LogP contribution < -0.4 is 5.32 Å². The highest BCUT2D eigenvalue weighted by molar-refractivity contribution is 7.89. The smallest absolute Gasteiger partial charge is 0.335 e. The quantitative estimate of drug-likeness (QED) is 0.140. The molecule has 2 unspecified atom stereocenters. The van der Waals surface area contributed by atoms with Gasteiger partial charge in [-0.1, -0.05) is 66.6 Å². The molecule has 0 bridgehead atoms. The van der Waals surface area contributed by atoms with Crippen molar-refractivity contribution in [1.29, 1.82) is 0 Å². The van der Waals surface area contributed by atoms with E-state index in [1.54, 1.807) is 30.3 Å². The largest absolute Gasteiger partial charge is 0.480 e. The Morgan fingerprint density at radius 1 is 0.875 bits per heavy atom. The van der Waals surface area contributed by atoms with E-state index in [1.807, 2.05) is 36.4 Å². The fourth-order valence-corrected chi connectivity index (χ4v) is 8.56. The summed E-state index contributed by atoms with van der Waals surface area (Å²) in [7, 11) is -4.39. The normalized spacial score (nSPS) is 19.6. The van der Waals surface area contributed by atoms with Gasteiger partial charge in [-0.05, 0) is 103 Å². The van der Waals surface area contributed by atoms with Crippen molar-refractivity contribution in [2.75, 3.05) is 31.5 Å². The molecule has 1 aliphatic carbocycles. The average molecular weight is 688 g/mol. The molecule has 1 saturated heterocycles. The minimum Gasteiger partial charge on any atom is -0.480 e. The lowest BCUT2D eigenvalue weighted by Crippen LogP contribution is -2.48. The van der Waals surface area contributed by atoms with Crippen molar-refractivity contribution in [3.8, 4) is 11.1 Å². The van der Waals surface area contributed by atoms with Gasteiger partial charge in [0.15, 0.2) is 0 Å². The molecule has 4 aromatic carbocycles. The second-order valence-electron chi connectivity index (χ2n) is 12.5. The van der Waals surface area contributed by atoms with Crippen LogP contribution in [0.5, 0.6) is 0 Å². The van der Waals surface area contributed by atoms with Gasteiger partial charge in [-0.15, -0.1) is 0 Å². The summed E-state index contributed by atoms with van der Waals surface area (Å²) in [6, 6.07) is 26.9. The van der Waals surface area contributed by atoms with E-state index in [9.17, 15) is 28.2 Å². The van der Waals surface area contributed by atoms with E-state index < -0.39 is 33.4 Å². The zero-order valence-electron chi connectivity index (χ0n) is 26.4. The zero-order chi connectivity index (χ0) is 33.9. The lowest BCUT2D eigenvalue weighted by molar-refractivity contribution is -0.143. The Balaban J connectivity index is 1.32. The van der Waals surface area contributed by atoms with Gasteiger partial charge in [-0.2, -0.15) is 4.31 Å². The summed E-state index contributed by atoms with van der Waals surface area (Å²) >= 11 is 6.03. The molecule has 1 heterocycles. The number of carbonyl (C=O) groups is 2. The van der Waals surface area contributed by atoms with Crippen LogP contribution in [0, 0.1) is 0 Å². The lowest BCUT2D eigenvalue weighted by Gasteiger charge is -2.30. The van der Waals surface area contributed by atoms with E-state index in [2.05, 4.69) is 10.2 Å². The highest BCUT2D eigenvalue weighted by atomic mass is 35.5. The van der Waals surface area contributed by atoms with Crippen molar-refractivity contribution in [1.82, 2.24) is 9.21 Å². The maximum absolute atomic E-state index is 14.5. The van der Waals surface area contributed by atoms with Crippen LogP contribution in [0.15, 0.2) is 102 Å². The van der Waals surface area contributed by atoms with E-state index in [4.69, 9.17) is 11.6 Å². The number of aliphatic carboxylic acids is 1. The monoisotopic (exact) mass is 687 g/mol. The van der Waals surface area contributed by atoms with Crippen molar-refractivity contribution in [2.45, 2.75) is 48.6 Å². The van der Waals surface area contributed by atoms with E-state index >= 15 is 0 Å². The summed E-state index contributed by atoms with van der Waals surface area (Å²) < 4.78 is 30.0. The Labute approximate surface area is 285 Å². The highest BCUT2D eigenvalue weighted by Gasteiger charge is 2.68. The summed E-state index contributed by atoms with van der Waals surface area (Å²) in [5.74, 6) is -3.04. The predicted molar refractivity (Wildman–Crippen MR) is 186 cm³/mol. The minimum absolute atomic E-state index is 0.0165. The highest BCUT2D eigenvalue weighted by Crippen LogP contribution is 2.58. The standard InChI is InChI=1S/C37H38ClN3O6S/c38-31-14-10-27(11-15-31)28-12-16-33(17-13-28)48(46,47)41(25-26-6-4-8-30(22-26)35(42)43)37(36(44)45)24-34(37)29-7-5-9-32(23-29)39-18-21-40-19-2-1-3-20-40/h4-17,22-23,34,39H,1-3,18-21,24-25H2,(H,42,43)(H,44,45). The summed E-state index contributed by atoms with van der Waals surface area (Å²) in [4.78, 5) is 27.3. The predicted octanol–water partition coefficient (Wildman–Crippen LogP) is 6.80. The molecule has 1 saturated carbocycles. The van der Waals surface area contributed by atoms with Crippen molar-refractivity contribution >= 4 is 39.3 Å². The number of carboxylic acid groups (broad SMARTS) is 2. The Bertz CT molecular complexity index is 1900. The van der Waals surface area contributed by atoms with Crippen molar-refractivity contribution in [2.24, 2.45) is 0 Å². The molecule has 0 radical (unpaired) electrons. The Morgan fingerprint density at radius 3 is 2.21 bits per heavy atom. The van der Waals surface area contributed by atoms with Gasteiger partial charge in [0.05, 0.1) is 10.5 Å². The number of nitrogens with one attached hydrogen (secondary N) is 1. The number of aromatic carboxylic acids is 1. The number of likely N-dealkylation sites (tertiary alicyclic amines) is 1. The van der Waals surface area contributed by atoms with E-state index in [0.717, 1.165) is 52.9 Å². The molecule has 0 spiro atoms. The first-order valence-electron chi connectivity index (χ1n) is 16.1. The first-order chi connectivity index (χ1) is 23.1. The maximum Gasteiger partial charge on any atom is 0.335 e. The molecule has 2 fully saturated rings. The van der Waals surface area contributed by atoms with Crippen LogP contribution in [0.3, 0.4) is 0 Å². The number of hydrogen-bond donors (Lipinski definition) is 3. The van der Waals surface area contributed by atoms with Crippen molar-refractivity contribution < 1.29 is 28.2 Å². The number of hydrogen-bond acceptors (Lipinski definition) is 6. The topological polar surface area (TPSA) is 127 Å². The van der Waals surface area contributed by atoms with E-state index in [1.165, 1.54) is 49.6 Å². The number of rotatable bonds is 13. The van der Waals surface area contributed by atoms with Crippen LogP contribution in [-0.4, -0.2) is 71.5 Å². The molecule has 4 aromatic rings. The number of carboxylic acids is 2.